The van der Waals surface area contributed by atoms with Crippen molar-refractivity contribution in [1.29, 1.82) is 0 Å². The molecule has 1 N–H and O–H groups in total. The van der Waals surface area contributed by atoms with Gasteiger partial charge in [0.2, 0.25) is 5.91 Å². The van der Waals surface area contributed by atoms with Gasteiger partial charge in [-0.3, -0.25) is 4.79 Å². The molecule has 3 rings (SSSR count). The van der Waals surface area contributed by atoms with E-state index in [1.807, 2.05) is 62.4 Å². The highest BCUT2D eigenvalue weighted by Crippen LogP contribution is 2.38. The number of benzene rings is 2. The number of hydrogen-bond acceptors (Lipinski definition) is 2. The summed E-state index contributed by atoms with van der Waals surface area (Å²) < 4.78 is 0. The highest BCUT2D eigenvalue weighted by Gasteiger charge is 2.34. The molecular weight excluding hydrogens is 274 g/mol. The summed E-state index contributed by atoms with van der Waals surface area (Å²) in [7, 11) is 0. The zero-order valence-corrected chi connectivity index (χ0v) is 13.0. The maximum Gasteiger partial charge on any atom is 0.231 e. The van der Waals surface area contributed by atoms with E-state index in [2.05, 4.69) is 0 Å². The van der Waals surface area contributed by atoms with Crippen LogP contribution in [0.3, 0.4) is 0 Å². The van der Waals surface area contributed by atoms with Crippen molar-refractivity contribution in [2.75, 3.05) is 11.4 Å². The Hall–Kier alpha value is -2.13. The predicted molar refractivity (Wildman–Crippen MR) is 87.9 cm³/mol. The van der Waals surface area contributed by atoms with E-state index in [0.29, 0.717) is 19.4 Å². The molecule has 2 aromatic rings. The molecule has 2 aromatic carbocycles. The van der Waals surface area contributed by atoms with Gasteiger partial charge in [0.05, 0.1) is 12.0 Å². The number of amides is 1. The van der Waals surface area contributed by atoms with E-state index in [4.69, 9.17) is 0 Å². The van der Waals surface area contributed by atoms with Crippen LogP contribution in [-0.4, -0.2) is 17.6 Å². The Bertz CT molecular complexity index is 706. The molecule has 3 nitrogen and oxygen atoms in total. The Labute approximate surface area is 131 Å². The number of para-hydroxylation sites is 1. The fourth-order valence-corrected chi connectivity index (χ4v) is 3.10. The molecule has 1 unspecified atom stereocenters. The molecule has 0 fully saturated rings. The Kier molecular flexibility index (Phi) is 3.75. The second-order valence-electron chi connectivity index (χ2n) is 6.25. The van der Waals surface area contributed by atoms with E-state index in [-0.39, 0.29) is 5.91 Å². The molecule has 0 aromatic heterocycles. The largest absolute Gasteiger partial charge is 0.385 e. The second-order valence-corrected chi connectivity index (χ2v) is 6.25. The van der Waals surface area contributed by atoms with E-state index >= 15 is 0 Å². The monoisotopic (exact) mass is 295 g/mol. The van der Waals surface area contributed by atoms with Crippen LogP contribution in [0.5, 0.6) is 0 Å². The summed E-state index contributed by atoms with van der Waals surface area (Å²) in [6.07, 6.45) is 0.946. The Morgan fingerprint density at radius 3 is 2.77 bits per heavy atom. The minimum atomic E-state index is -0.864. The average Bonchev–Trinajstić information content (AvgIpc) is 2.47. The van der Waals surface area contributed by atoms with Crippen molar-refractivity contribution in [3.8, 4) is 0 Å². The number of hydrogen-bond donors (Lipinski definition) is 1. The van der Waals surface area contributed by atoms with Gasteiger partial charge in [0.15, 0.2) is 0 Å². The number of carbonyl (C=O) groups is 1. The lowest BCUT2D eigenvalue weighted by Crippen LogP contribution is -2.42. The fourth-order valence-electron chi connectivity index (χ4n) is 3.10. The highest BCUT2D eigenvalue weighted by molar-refractivity contribution is 5.96. The van der Waals surface area contributed by atoms with E-state index in [1.165, 1.54) is 0 Å². The lowest BCUT2D eigenvalue weighted by molar-refractivity contribution is -0.118. The molecule has 0 saturated carbocycles. The number of anilines is 1. The highest BCUT2D eigenvalue weighted by atomic mass is 16.3. The van der Waals surface area contributed by atoms with Gasteiger partial charge in [-0.25, -0.2) is 0 Å². The van der Waals surface area contributed by atoms with Gasteiger partial charge in [-0.2, -0.15) is 0 Å². The molecule has 1 aliphatic heterocycles. The first-order chi connectivity index (χ1) is 10.5. The summed E-state index contributed by atoms with van der Waals surface area (Å²) >= 11 is 0. The molecule has 0 saturated heterocycles. The average molecular weight is 295 g/mol. The quantitative estimate of drug-likeness (QED) is 0.924. The summed E-state index contributed by atoms with van der Waals surface area (Å²) in [4.78, 5) is 14.5. The van der Waals surface area contributed by atoms with Gasteiger partial charge >= 0.3 is 0 Å². The smallest absolute Gasteiger partial charge is 0.231 e. The molecule has 0 spiro atoms. The second kappa shape index (κ2) is 5.58. The SMILES string of the molecule is Cc1cccc(CC(=O)N2CCC(C)(O)c3ccccc32)c1. The van der Waals surface area contributed by atoms with Gasteiger partial charge in [0.25, 0.3) is 0 Å². The van der Waals surface area contributed by atoms with Crippen LogP contribution in [0.25, 0.3) is 0 Å². The van der Waals surface area contributed by atoms with Crippen LogP contribution < -0.4 is 4.90 Å². The lowest BCUT2D eigenvalue weighted by atomic mass is 9.87. The molecular formula is C19H21NO2. The third kappa shape index (κ3) is 2.77. The Morgan fingerprint density at radius 2 is 2.00 bits per heavy atom. The number of nitrogens with zero attached hydrogens (tertiary/aromatic N) is 1. The number of aliphatic hydroxyl groups is 1. The lowest BCUT2D eigenvalue weighted by Gasteiger charge is -2.38. The van der Waals surface area contributed by atoms with Crippen molar-refractivity contribution in [1.82, 2.24) is 0 Å². The van der Waals surface area contributed by atoms with E-state index < -0.39 is 5.60 Å². The predicted octanol–water partition coefficient (Wildman–Crippen LogP) is 3.18. The molecule has 0 radical (unpaired) electrons. The first kappa shape index (κ1) is 14.8. The summed E-state index contributed by atoms with van der Waals surface area (Å²) in [5.74, 6) is 0.0774. The van der Waals surface area contributed by atoms with Gasteiger partial charge in [0, 0.05) is 17.8 Å². The molecule has 22 heavy (non-hydrogen) atoms. The Balaban J connectivity index is 1.88. The summed E-state index contributed by atoms with van der Waals surface area (Å²) in [6, 6.07) is 15.7. The van der Waals surface area contributed by atoms with Gasteiger partial charge < -0.3 is 10.0 Å². The van der Waals surface area contributed by atoms with Crippen molar-refractivity contribution < 1.29 is 9.90 Å². The van der Waals surface area contributed by atoms with Crippen LogP contribution >= 0.6 is 0 Å². The maximum atomic E-state index is 12.7. The normalized spacial score (nSPS) is 20.6. The van der Waals surface area contributed by atoms with Crippen LogP contribution in [0.4, 0.5) is 5.69 Å². The standard InChI is InChI=1S/C19H21NO2/c1-14-6-5-7-15(12-14)13-18(21)20-11-10-19(2,22)16-8-3-4-9-17(16)20/h3-9,12,22H,10-11,13H2,1-2H3. The van der Waals surface area contributed by atoms with Crippen LogP contribution in [0, 0.1) is 6.92 Å². The van der Waals surface area contributed by atoms with E-state index in [1.54, 1.807) is 4.90 Å². The molecule has 1 aliphatic rings. The van der Waals surface area contributed by atoms with Crippen molar-refractivity contribution in [3.05, 3.63) is 65.2 Å². The van der Waals surface area contributed by atoms with Crippen molar-refractivity contribution in [2.24, 2.45) is 0 Å². The molecule has 3 heteroatoms. The molecule has 1 heterocycles. The maximum absolute atomic E-state index is 12.7. The number of rotatable bonds is 2. The van der Waals surface area contributed by atoms with Gasteiger partial charge in [0.1, 0.15) is 0 Å². The van der Waals surface area contributed by atoms with E-state index in [0.717, 1.165) is 22.4 Å². The molecule has 0 aliphatic carbocycles. The minimum absolute atomic E-state index is 0.0774. The zero-order valence-electron chi connectivity index (χ0n) is 13.0. The van der Waals surface area contributed by atoms with Crippen LogP contribution in [-0.2, 0) is 16.8 Å². The van der Waals surface area contributed by atoms with Crippen LogP contribution in [0.15, 0.2) is 48.5 Å². The van der Waals surface area contributed by atoms with Crippen molar-refractivity contribution >= 4 is 11.6 Å². The number of fused-ring (bicyclic) bond motifs is 1. The van der Waals surface area contributed by atoms with Gasteiger partial charge in [-0.1, -0.05) is 48.0 Å². The fraction of sp³-hybridized carbons (Fsp3) is 0.316. The first-order valence-corrected chi connectivity index (χ1v) is 7.65. The van der Waals surface area contributed by atoms with Crippen LogP contribution in [0.2, 0.25) is 0 Å². The van der Waals surface area contributed by atoms with Gasteiger partial charge in [-0.05, 0) is 31.9 Å². The minimum Gasteiger partial charge on any atom is -0.385 e. The number of aryl methyl sites for hydroxylation is 1. The number of carbonyl (C=O) groups excluding carboxylic acids is 1. The first-order valence-electron chi connectivity index (χ1n) is 7.65. The third-order valence-corrected chi connectivity index (χ3v) is 4.34. The Morgan fingerprint density at radius 1 is 1.23 bits per heavy atom. The zero-order chi connectivity index (χ0) is 15.7. The topological polar surface area (TPSA) is 40.5 Å². The third-order valence-electron chi connectivity index (χ3n) is 4.34. The summed E-state index contributed by atoms with van der Waals surface area (Å²) in [6.45, 7) is 4.39. The molecule has 0 bridgehead atoms. The summed E-state index contributed by atoms with van der Waals surface area (Å²) in [5, 5.41) is 10.5. The summed E-state index contributed by atoms with van der Waals surface area (Å²) in [5.41, 5.74) is 2.99. The van der Waals surface area contributed by atoms with Crippen molar-refractivity contribution in [2.45, 2.75) is 32.3 Å². The van der Waals surface area contributed by atoms with Gasteiger partial charge in [-0.15, -0.1) is 0 Å². The molecule has 1 amide bonds. The molecule has 1 atom stereocenters. The van der Waals surface area contributed by atoms with Crippen molar-refractivity contribution in [3.63, 3.8) is 0 Å². The van der Waals surface area contributed by atoms with E-state index in [9.17, 15) is 9.90 Å². The molecule has 114 valence electrons. The van der Waals surface area contributed by atoms with Crippen LogP contribution in [0.1, 0.15) is 30.0 Å².